The van der Waals surface area contributed by atoms with Crippen molar-refractivity contribution in [3.05, 3.63) is 0 Å². The lowest BCUT2D eigenvalue weighted by Crippen LogP contribution is -2.67. The monoisotopic (exact) mass is 470 g/mol. The first-order chi connectivity index (χ1) is 15.6. The zero-order valence-electron chi connectivity index (χ0n) is 24.0. The fourth-order valence-corrected chi connectivity index (χ4v) is 11.7. The van der Waals surface area contributed by atoms with Crippen molar-refractivity contribution in [1.82, 2.24) is 0 Å². The van der Waals surface area contributed by atoms with Crippen LogP contribution in [0.4, 0.5) is 0 Å². The Morgan fingerprint density at radius 1 is 0.676 bits per heavy atom. The third-order valence-corrected chi connectivity index (χ3v) is 13.9. The zero-order valence-corrected chi connectivity index (χ0v) is 24.0. The maximum Gasteiger partial charge on any atom is 0.302 e. The highest BCUT2D eigenvalue weighted by Crippen LogP contribution is 2.77. The largest absolute Gasteiger partial charge is 0.462 e. The lowest BCUT2D eigenvalue weighted by molar-refractivity contribution is -0.254. The van der Waals surface area contributed by atoms with Crippen molar-refractivity contribution >= 4 is 5.97 Å². The van der Waals surface area contributed by atoms with E-state index in [1.807, 2.05) is 0 Å². The molecule has 194 valence electrons. The minimum absolute atomic E-state index is 0.0658. The maximum absolute atomic E-state index is 11.9. The van der Waals surface area contributed by atoms with Gasteiger partial charge in [0.15, 0.2) is 0 Å². The van der Waals surface area contributed by atoms with Gasteiger partial charge in [-0.25, -0.2) is 0 Å². The molecule has 0 saturated heterocycles. The van der Waals surface area contributed by atoms with Gasteiger partial charge in [-0.2, -0.15) is 0 Å². The second-order valence-electron chi connectivity index (χ2n) is 16.3. The highest BCUT2D eigenvalue weighted by Gasteiger charge is 2.69. The normalized spacial score (nSPS) is 53.5. The van der Waals surface area contributed by atoms with Crippen LogP contribution >= 0.6 is 0 Å². The van der Waals surface area contributed by atoms with Gasteiger partial charge in [-0.3, -0.25) is 4.79 Å². The highest BCUT2D eigenvalue weighted by molar-refractivity contribution is 5.66. The van der Waals surface area contributed by atoms with Crippen molar-refractivity contribution in [2.75, 3.05) is 0 Å². The van der Waals surface area contributed by atoms with Crippen LogP contribution in [0.2, 0.25) is 0 Å². The molecule has 5 fully saturated rings. The van der Waals surface area contributed by atoms with Gasteiger partial charge in [-0.15, -0.1) is 0 Å². The second-order valence-corrected chi connectivity index (χ2v) is 16.3. The number of hydrogen-bond donors (Lipinski definition) is 0. The lowest BCUT2D eigenvalue weighted by Gasteiger charge is -2.73. The quantitative estimate of drug-likeness (QED) is 0.358. The van der Waals surface area contributed by atoms with Gasteiger partial charge >= 0.3 is 5.97 Å². The number of rotatable bonds is 1. The number of fused-ring (bicyclic) bond motifs is 7. The summed E-state index contributed by atoms with van der Waals surface area (Å²) < 4.78 is 5.92. The topological polar surface area (TPSA) is 26.3 Å². The summed E-state index contributed by atoms with van der Waals surface area (Å²) >= 11 is 0. The number of carbonyl (C=O) groups excluding carboxylic acids is 1. The van der Waals surface area contributed by atoms with Crippen LogP contribution in [0.3, 0.4) is 0 Å². The van der Waals surface area contributed by atoms with Crippen LogP contribution in [0.25, 0.3) is 0 Å². The first-order valence-corrected chi connectivity index (χ1v) is 14.8. The highest BCUT2D eigenvalue weighted by atomic mass is 16.5. The van der Waals surface area contributed by atoms with Gasteiger partial charge in [0.1, 0.15) is 6.10 Å². The molecule has 0 spiro atoms. The predicted octanol–water partition coefficient (Wildman–Crippen LogP) is 8.82. The third-order valence-electron chi connectivity index (χ3n) is 13.9. The molecule has 5 aliphatic rings. The molecule has 0 N–H and O–H groups in total. The number of hydrogen-bond acceptors (Lipinski definition) is 2. The van der Waals surface area contributed by atoms with Crippen LogP contribution < -0.4 is 0 Å². The predicted molar refractivity (Wildman–Crippen MR) is 140 cm³/mol. The average Bonchev–Trinajstić information content (AvgIpc) is 2.72. The molecule has 9 unspecified atom stereocenters. The van der Waals surface area contributed by atoms with Crippen LogP contribution in [0.5, 0.6) is 0 Å². The first kappa shape index (κ1) is 25.1. The van der Waals surface area contributed by atoms with E-state index in [1.165, 1.54) is 64.2 Å². The van der Waals surface area contributed by atoms with E-state index in [2.05, 4.69) is 55.4 Å². The molecule has 0 radical (unpaired) electrons. The Morgan fingerprint density at radius 3 is 2.03 bits per heavy atom. The minimum Gasteiger partial charge on any atom is -0.462 e. The molecular formula is C32H54O2. The first-order valence-electron chi connectivity index (χ1n) is 14.8. The van der Waals surface area contributed by atoms with E-state index in [0.29, 0.717) is 33.0 Å². The maximum atomic E-state index is 11.9. The summed E-state index contributed by atoms with van der Waals surface area (Å²) in [4.78, 5) is 11.9. The van der Waals surface area contributed by atoms with E-state index < -0.39 is 0 Å². The minimum atomic E-state index is -0.101. The fourth-order valence-electron chi connectivity index (χ4n) is 11.7. The smallest absolute Gasteiger partial charge is 0.302 e. The zero-order chi connectivity index (χ0) is 24.9. The Balaban J connectivity index is 1.48. The third kappa shape index (κ3) is 3.27. The molecule has 2 heteroatoms. The van der Waals surface area contributed by atoms with Crippen molar-refractivity contribution in [1.29, 1.82) is 0 Å². The van der Waals surface area contributed by atoms with E-state index in [-0.39, 0.29) is 17.5 Å². The van der Waals surface area contributed by atoms with Crippen LogP contribution in [0, 0.1) is 56.2 Å². The van der Waals surface area contributed by atoms with Crippen molar-refractivity contribution < 1.29 is 9.53 Å². The molecule has 0 aromatic heterocycles. The molecule has 0 amide bonds. The van der Waals surface area contributed by atoms with E-state index in [9.17, 15) is 4.79 Å². The second kappa shape index (κ2) is 7.50. The van der Waals surface area contributed by atoms with Gasteiger partial charge in [0.25, 0.3) is 0 Å². The van der Waals surface area contributed by atoms with Crippen molar-refractivity contribution in [2.45, 2.75) is 139 Å². The Labute approximate surface area is 210 Å². The summed E-state index contributed by atoms with van der Waals surface area (Å²) in [6.45, 7) is 22.3. The van der Waals surface area contributed by atoms with E-state index >= 15 is 0 Å². The summed E-state index contributed by atoms with van der Waals surface area (Å²) in [5, 5.41) is 0. The van der Waals surface area contributed by atoms with Gasteiger partial charge in [-0.05, 0) is 121 Å². The van der Waals surface area contributed by atoms with E-state index in [1.54, 1.807) is 6.92 Å². The Bertz CT molecular complexity index is 842. The number of esters is 1. The van der Waals surface area contributed by atoms with Gasteiger partial charge in [0.05, 0.1) is 0 Å². The molecule has 0 aromatic carbocycles. The van der Waals surface area contributed by atoms with E-state index in [4.69, 9.17) is 4.74 Å². The van der Waals surface area contributed by atoms with Gasteiger partial charge in [-0.1, -0.05) is 55.4 Å². The summed E-state index contributed by atoms with van der Waals surface area (Å²) in [6, 6.07) is 0. The summed E-state index contributed by atoms with van der Waals surface area (Å²) in [5.41, 5.74) is 2.44. The Hall–Kier alpha value is -0.530. The van der Waals surface area contributed by atoms with Crippen LogP contribution in [-0.2, 0) is 9.53 Å². The van der Waals surface area contributed by atoms with Gasteiger partial charge in [0, 0.05) is 12.3 Å². The Morgan fingerprint density at radius 2 is 1.35 bits per heavy atom. The molecular weight excluding hydrogens is 416 g/mol. The van der Waals surface area contributed by atoms with Crippen LogP contribution in [-0.4, -0.2) is 12.1 Å². The Kier molecular flexibility index (Phi) is 5.55. The van der Waals surface area contributed by atoms with Crippen molar-refractivity contribution in [2.24, 2.45) is 56.2 Å². The molecule has 9 atom stereocenters. The average molecular weight is 471 g/mol. The van der Waals surface area contributed by atoms with E-state index in [0.717, 1.165) is 24.2 Å². The molecule has 0 heterocycles. The summed E-state index contributed by atoms with van der Waals surface area (Å²) in [5.74, 6) is 3.17. The van der Waals surface area contributed by atoms with Gasteiger partial charge in [0.2, 0.25) is 0 Å². The molecule has 34 heavy (non-hydrogen) atoms. The van der Waals surface area contributed by atoms with Crippen molar-refractivity contribution in [3.63, 3.8) is 0 Å². The van der Waals surface area contributed by atoms with Gasteiger partial charge < -0.3 is 4.74 Å². The van der Waals surface area contributed by atoms with Crippen molar-refractivity contribution in [3.8, 4) is 0 Å². The summed E-state index contributed by atoms with van der Waals surface area (Å²) in [6.07, 6.45) is 15.1. The molecule has 5 rings (SSSR count). The molecule has 0 aromatic rings. The molecule has 0 bridgehead atoms. The number of carbonyl (C=O) groups is 1. The lowest BCUT2D eigenvalue weighted by atomic mass is 9.31. The molecule has 5 aliphatic carbocycles. The standard InChI is InChI=1S/C32H54O2/c1-21(33)34-26-13-14-30(7)24(28(26,4)5)12-15-32(9)25(30)11-10-22-23-20-27(2,3)16-17-29(23,6)18-19-31(22,32)8/h22-26H,10-20H2,1-9H3. The molecule has 0 aliphatic heterocycles. The fraction of sp³-hybridized carbons (Fsp3) is 0.969. The summed E-state index contributed by atoms with van der Waals surface area (Å²) in [7, 11) is 0. The SMILES string of the molecule is CC(=O)OC1CCC2(C)C(CCC3(C)C2CCC2C4CC(C)(C)CCC4(C)CCC23C)C1(C)C. The molecule has 2 nitrogen and oxygen atoms in total. The van der Waals surface area contributed by atoms with Crippen LogP contribution in [0.15, 0.2) is 0 Å². The van der Waals surface area contributed by atoms with Crippen LogP contribution in [0.1, 0.15) is 133 Å². The number of ether oxygens (including phenoxy) is 1. The molecule has 5 saturated carbocycles.